The van der Waals surface area contributed by atoms with Crippen molar-refractivity contribution in [2.45, 2.75) is 63.6 Å². The topological polar surface area (TPSA) is 73.9 Å². The first-order valence-electron chi connectivity index (χ1n) is 9.62. The van der Waals surface area contributed by atoms with Crippen molar-refractivity contribution < 1.29 is 23.8 Å². The van der Waals surface area contributed by atoms with Crippen molar-refractivity contribution in [1.29, 1.82) is 0 Å². The molecule has 0 aromatic heterocycles. The van der Waals surface area contributed by atoms with Crippen LogP contribution in [0, 0.1) is 5.92 Å². The summed E-state index contributed by atoms with van der Waals surface area (Å²) < 4.78 is 17.2. The number of ether oxygens (including phenoxy) is 3. The van der Waals surface area contributed by atoms with Gasteiger partial charge in [-0.1, -0.05) is 19.3 Å². The molecule has 6 nitrogen and oxygen atoms in total. The molecule has 0 saturated heterocycles. The summed E-state index contributed by atoms with van der Waals surface area (Å²) in [6.07, 6.45) is 9.05. The lowest BCUT2D eigenvalue weighted by atomic mass is 9.94. The van der Waals surface area contributed by atoms with Gasteiger partial charge >= 0.3 is 5.97 Å². The van der Waals surface area contributed by atoms with Gasteiger partial charge in [0.15, 0.2) is 18.1 Å². The Bertz CT molecular complexity index is 689. The predicted molar refractivity (Wildman–Crippen MR) is 95.1 cm³/mol. The summed E-state index contributed by atoms with van der Waals surface area (Å²) in [7, 11) is 0. The first-order chi connectivity index (χ1) is 12.6. The first kappa shape index (κ1) is 17.2. The average molecular weight is 359 g/mol. The summed E-state index contributed by atoms with van der Waals surface area (Å²) in [5.41, 5.74) is 0.613. The van der Waals surface area contributed by atoms with Crippen LogP contribution >= 0.6 is 0 Å². The summed E-state index contributed by atoms with van der Waals surface area (Å²) in [5.74, 6) is 0.204. The van der Waals surface area contributed by atoms with E-state index in [1.165, 1.54) is 6.42 Å². The Morgan fingerprint density at radius 3 is 2.54 bits per heavy atom. The van der Waals surface area contributed by atoms with E-state index >= 15 is 0 Å². The van der Waals surface area contributed by atoms with Gasteiger partial charge in [0.25, 0.3) is 11.7 Å². The van der Waals surface area contributed by atoms with E-state index in [-0.39, 0.29) is 24.4 Å². The number of rotatable bonds is 4. The summed E-state index contributed by atoms with van der Waals surface area (Å²) in [6, 6.07) is 5.37. The zero-order valence-electron chi connectivity index (χ0n) is 14.9. The lowest BCUT2D eigenvalue weighted by Crippen LogP contribution is -2.40. The van der Waals surface area contributed by atoms with Gasteiger partial charge in [-0.25, -0.2) is 0 Å². The molecule has 2 fully saturated rings. The summed E-state index contributed by atoms with van der Waals surface area (Å²) in [4.78, 5) is 24.0. The second kappa shape index (κ2) is 7.17. The van der Waals surface area contributed by atoms with Crippen molar-refractivity contribution in [3.63, 3.8) is 0 Å². The SMILES string of the molecule is O=C(COC(=O)C1CCCC1)Nc1ccc2c(c1)OC1(CCCCC1)O2. The van der Waals surface area contributed by atoms with Crippen LogP contribution < -0.4 is 14.8 Å². The van der Waals surface area contributed by atoms with Gasteiger partial charge in [0, 0.05) is 24.6 Å². The maximum absolute atomic E-state index is 12.1. The van der Waals surface area contributed by atoms with Crippen LogP contribution in [0.4, 0.5) is 5.69 Å². The van der Waals surface area contributed by atoms with E-state index in [9.17, 15) is 9.59 Å². The summed E-state index contributed by atoms with van der Waals surface area (Å²) in [6.45, 7) is -0.256. The molecule has 0 radical (unpaired) electrons. The molecule has 0 bridgehead atoms. The van der Waals surface area contributed by atoms with Crippen LogP contribution in [0.15, 0.2) is 18.2 Å². The highest BCUT2D eigenvalue weighted by atomic mass is 16.7. The van der Waals surface area contributed by atoms with Gasteiger partial charge in [-0.2, -0.15) is 0 Å². The number of anilines is 1. The Kier molecular flexibility index (Phi) is 4.74. The molecule has 4 rings (SSSR count). The molecule has 26 heavy (non-hydrogen) atoms. The molecule has 1 aliphatic heterocycles. The van der Waals surface area contributed by atoms with E-state index in [0.29, 0.717) is 11.4 Å². The van der Waals surface area contributed by atoms with Crippen LogP contribution in [0.1, 0.15) is 57.8 Å². The van der Waals surface area contributed by atoms with Gasteiger partial charge in [-0.3, -0.25) is 9.59 Å². The normalized spacial score (nSPS) is 20.9. The molecule has 2 saturated carbocycles. The second-order valence-corrected chi connectivity index (χ2v) is 7.47. The molecule has 1 aromatic rings. The number of carbonyl (C=O) groups excluding carboxylic acids is 2. The largest absolute Gasteiger partial charge is 0.455 e. The van der Waals surface area contributed by atoms with Crippen LogP contribution in [-0.4, -0.2) is 24.3 Å². The zero-order valence-corrected chi connectivity index (χ0v) is 14.9. The quantitative estimate of drug-likeness (QED) is 0.828. The standard InChI is InChI=1S/C20H25NO5/c22-18(13-24-19(23)14-6-2-3-7-14)21-15-8-9-16-17(12-15)26-20(25-16)10-4-1-5-11-20/h8-9,12,14H,1-7,10-11,13H2,(H,21,22). The molecule has 1 aromatic carbocycles. The lowest BCUT2D eigenvalue weighted by molar-refractivity contribution is -0.151. The molecule has 0 atom stereocenters. The Morgan fingerprint density at radius 2 is 1.77 bits per heavy atom. The van der Waals surface area contributed by atoms with E-state index in [4.69, 9.17) is 14.2 Å². The smallest absolute Gasteiger partial charge is 0.309 e. The van der Waals surface area contributed by atoms with Gasteiger partial charge in [0.2, 0.25) is 0 Å². The molecule has 1 spiro atoms. The number of fused-ring (bicyclic) bond motifs is 1. The third-order valence-corrected chi connectivity index (χ3v) is 5.47. The van der Waals surface area contributed by atoms with Crippen LogP contribution in [0.2, 0.25) is 0 Å². The third kappa shape index (κ3) is 3.64. The minimum Gasteiger partial charge on any atom is -0.455 e. The number of hydrogen-bond donors (Lipinski definition) is 1. The number of carbonyl (C=O) groups is 2. The molecule has 6 heteroatoms. The van der Waals surface area contributed by atoms with E-state index in [1.54, 1.807) is 12.1 Å². The fourth-order valence-electron chi connectivity index (χ4n) is 4.08. The molecule has 3 aliphatic rings. The number of nitrogens with one attached hydrogen (secondary N) is 1. The fourth-order valence-corrected chi connectivity index (χ4v) is 4.08. The third-order valence-electron chi connectivity index (χ3n) is 5.47. The average Bonchev–Trinajstić information content (AvgIpc) is 3.28. The Hall–Kier alpha value is -2.24. The Labute approximate surface area is 153 Å². The molecule has 0 unspecified atom stereocenters. The number of amides is 1. The number of esters is 1. The van der Waals surface area contributed by atoms with E-state index in [0.717, 1.165) is 57.1 Å². The molecule has 2 aliphatic carbocycles. The predicted octanol–water partition coefficient (Wildman–Crippen LogP) is 3.79. The van der Waals surface area contributed by atoms with Crippen LogP contribution in [0.25, 0.3) is 0 Å². The minimum absolute atomic E-state index is 0.0416. The molecule has 1 heterocycles. The van der Waals surface area contributed by atoms with E-state index < -0.39 is 5.79 Å². The monoisotopic (exact) mass is 359 g/mol. The summed E-state index contributed by atoms with van der Waals surface area (Å²) >= 11 is 0. The van der Waals surface area contributed by atoms with Gasteiger partial charge in [0.1, 0.15) is 0 Å². The Morgan fingerprint density at radius 1 is 1.04 bits per heavy atom. The van der Waals surface area contributed by atoms with Crippen molar-refractivity contribution in [3.05, 3.63) is 18.2 Å². The maximum Gasteiger partial charge on any atom is 0.309 e. The number of benzene rings is 1. The zero-order chi connectivity index (χ0) is 18.0. The minimum atomic E-state index is -0.528. The molecule has 1 amide bonds. The molecular weight excluding hydrogens is 334 g/mol. The van der Waals surface area contributed by atoms with Crippen molar-refractivity contribution in [2.75, 3.05) is 11.9 Å². The highest BCUT2D eigenvalue weighted by Crippen LogP contribution is 2.46. The molecule has 140 valence electrons. The van der Waals surface area contributed by atoms with Gasteiger partial charge < -0.3 is 19.5 Å². The Balaban J connectivity index is 1.31. The second-order valence-electron chi connectivity index (χ2n) is 7.47. The first-order valence-corrected chi connectivity index (χ1v) is 9.62. The van der Waals surface area contributed by atoms with Crippen molar-refractivity contribution in [3.8, 4) is 11.5 Å². The van der Waals surface area contributed by atoms with E-state index in [2.05, 4.69) is 5.32 Å². The summed E-state index contributed by atoms with van der Waals surface area (Å²) in [5, 5.41) is 2.76. The lowest BCUT2D eigenvalue weighted by Gasteiger charge is -2.31. The van der Waals surface area contributed by atoms with Gasteiger partial charge in [-0.15, -0.1) is 0 Å². The highest BCUT2D eigenvalue weighted by molar-refractivity contribution is 5.93. The van der Waals surface area contributed by atoms with Crippen LogP contribution in [0.5, 0.6) is 11.5 Å². The molecule has 1 N–H and O–H groups in total. The van der Waals surface area contributed by atoms with Crippen LogP contribution in [-0.2, 0) is 14.3 Å². The molecular formula is C20H25NO5. The van der Waals surface area contributed by atoms with Crippen molar-refractivity contribution in [2.24, 2.45) is 5.92 Å². The highest BCUT2D eigenvalue weighted by Gasteiger charge is 2.42. The number of hydrogen-bond acceptors (Lipinski definition) is 5. The fraction of sp³-hybridized carbons (Fsp3) is 0.600. The van der Waals surface area contributed by atoms with Gasteiger partial charge in [-0.05, 0) is 37.8 Å². The van der Waals surface area contributed by atoms with E-state index in [1.807, 2.05) is 6.07 Å². The van der Waals surface area contributed by atoms with Crippen molar-refractivity contribution >= 4 is 17.6 Å². The van der Waals surface area contributed by atoms with Crippen molar-refractivity contribution in [1.82, 2.24) is 0 Å². The van der Waals surface area contributed by atoms with Crippen LogP contribution in [0.3, 0.4) is 0 Å². The van der Waals surface area contributed by atoms with Gasteiger partial charge in [0.05, 0.1) is 5.92 Å². The maximum atomic E-state index is 12.1.